The lowest BCUT2D eigenvalue weighted by molar-refractivity contribution is -0.130. The Hall–Kier alpha value is -2.82. The molecule has 0 saturated carbocycles. The van der Waals surface area contributed by atoms with Crippen LogP contribution < -0.4 is 14.8 Å². The minimum atomic E-state index is 0.137. The van der Waals surface area contributed by atoms with Gasteiger partial charge in [0, 0.05) is 44.5 Å². The Morgan fingerprint density at radius 3 is 2.64 bits per heavy atom. The summed E-state index contributed by atoms with van der Waals surface area (Å²) in [7, 11) is 1.64. The zero-order valence-electron chi connectivity index (χ0n) is 18.5. The molecule has 1 aliphatic rings. The number of ether oxygens (including phenoxy) is 2. The van der Waals surface area contributed by atoms with Crippen LogP contribution in [0.3, 0.4) is 0 Å². The molecule has 0 radical (unpaired) electrons. The van der Waals surface area contributed by atoms with Gasteiger partial charge in [0.2, 0.25) is 11.0 Å². The number of hydrogen-bond acceptors (Lipinski definition) is 9. The topological polar surface area (TPSA) is 79.8 Å². The van der Waals surface area contributed by atoms with Crippen LogP contribution in [0.2, 0.25) is 0 Å². The van der Waals surface area contributed by atoms with Crippen LogP contribution >= 0.6 is 23.1 Å². The molecule has 1 aliphatic heterocycles. The number of thioether (sulfide) groups is 1. The van der Waals surface area contributed by atoms with Gasteiger partial charge in [-0.1, -0.05) is 47.4 Å². The van der Waals surface area contributed by atoms with Crippen molar-refractivity contribution in [3.05, 3.63) is 54.6 Å². The van der Waals surface area contributed by atoms with Crippen molar-refractivity contribution in [2.24, 2.45) is 0 Å². The monoisotopic (exact) mass is 485 g/mol. The molecule has 0 spiro atoms. The number of anilines is 2. The number of amides is 1. The smallest absolute Gasteiger partial charge is 0.233 e. The number of piperazine rings is 1. The Balaban J connectivity index is 1.15. The van der Waals surface area contributed by atoms with Gasteiger partial charge in [0.05, 0.1) is 12.9 Å². The van der Waals surface area contributed by atoms with E-state index in [1.807, 2.05) is 59.5 Å². The number of rotatable bonds is 10. The van der Waals surface area contributed by atoms with Crippen LogP contribution in [0.4, 0.5) is 10.8 Å². The van der Waals surface area contributed by atoms with Crippen LogP contribution in [0.25, 0.3) is 0 Å². The maximum absolute atomic E-state index is 12.6. The maximum atomic E-state index is 12.6. The second-order valence-electron chi connectivity index (χ2n) is 7.40. The predicted octanol–water partition coefficient (Wildman–Crippen LogP) is 3.61. The molecular formula is C23H27N5O3S2. The molecule has 0 atom stereocenters. The van der Waals surface area contributed by atoms with E-state index in [-0.39, 0.29) is 5.91 Å². The predicted molar refractivity (Wildman–Crippen MR) is 132 cm³/mol. The molecule has 1 saturated heterocycles. The van der Waals surface area contributed by atoms with E-state index in [2.05, 4.69) is 20.4 Å². The van der Waals surface area contributed by atoms with Crippen molar-refractivity contribution in [1.82, 2.24) is 20.0 Å². The molecule has 0 aliphatic carbocycles. The first-order valence-corrected chi connectivity index (χ1v) is 12.6. The molecule has 1 amide bonds. The van der Waals surface area contributed by atoms with Crippen molar-refractivity contribution in [1.29, 1.82) is 0 Å². The molecule has 1 fully saturated rings. The number of methoxy groups -OCH3 is 1. The van der Waals surface area contributed by atoms with Crippen LogP contribution in [0, 0.1) is 0 Å². The summed E-state index contributed by atoms with van der Waals surface area (Å²) < 4.78 is 11.8. The fraction of sp³-hybridized carbons (Fsp3) is 0.348. The second-order valence-corrected chi connectivity index (χ2v) is 9.60. The zero-order valence-corrected chi connectivity index (χ0v) is 20.1. The number of para-hydroxylation sites is 1. The molecule has 4 rings (SSSR count). The molecule has 0 bridgehead atoms. The molecule has 10 heteroatoms. The highest BCUT2D eigenvalue weighted by molar-refractivity contribution is 8.01. The van der Waals surface area contributed by atoms with E-state index in [1.165, 1.54) is 23.1 Å². The van der Waals surface area contributed by atoms with E-state index >= 15 is 0 Å². The van der Waals surface area contributed by atoms with Gasteiger partial charge < -0.3 is 19.7 Å². The van der Waals surface area contributed by atoms with Crippen LogP contribution in [-0.4, -0.2) is 78.1 Å². The van der Waals surface area contributed by atoms with Gasteiger partial charge in [0.25, 0.3) is 0 Å². The first-order chi connectivity index (χ1) is 16.2. The number of hydrogen-bond donors (Lipinski definition) is 1. The third-order valence-corrected chi connectivity index (χ3v) is 7.15. The molecule has 0 unspecified atom stereocenters. The van der Waals surface area contributed by atoms with E-state index in [4.69, 9.17) is 9.47 Å². The summed E-state index contributed by atoms with van der Waals surface area (Å²) in [5.41, 5.74) is 0.880. The van der Waals surface area contributed by atoms with Crippen molar-refractivity contribution >= 4 is 39.8 Å². The van der Waals surface area contributed by atoms with Crippen LogP contribution in [0.1, 0.15) is 0 Å². The molecule has 174 valence electrons. The van der Waals surface area contributed by atoms with E-state index in [9.17, 15) is 4.79 Å². The van der Waals surface area contributed by atoms with Gasteiger partial charge in [-0.2, -0.15) is 0 Å². The number of carbonyl (C=O) groups excluding carboxylic acids is 1. The van der Waals surface area contributed by atoms with Crippen molar-refractivity contribution in [2.45, 2.75) is 4.34 Å². The quantitative estimate of drug-likeness (QED) is 0.437. The Kier molecular flexibility index (Phi) is 8.40. The lowest BCUT2D eigenvalue weighted by Gasteiger charge is -2.34. The number of nitrogens with zero attached hydrogens (tertiary/aromatic N) is 4. The molecule has 1 aromatic heterocycles. The van der Waals surface area contributed by atoms with Crippen LogP contribution in [0.5, 0.6) is 11.5 Å². The van der Waals surface area contributed by atoms with Crippen LogP contribution in [0.15, 0.2) is 58.9 Å². The van der Waals surface area contributed by atoms with Gasteiger partial charge in [0.1, 0.15) is 18.1 Å². The minimum Gasteiger partial charge on any atom is -0.497 e. The molecule has 2 aromatic carbocycles. The number of carbonyl (C=O) groups is 1. The Labute approximate surface area is 201 Å². The average Bonchev–Trinajstić information content (AvgIpc) is 3.31. The van der Waals surface area contributed by atoms with Gasteiger partial charge >= 0.3 is 0 Å². The van der Waals surface area contributed by atoms with E-state index in [0.717, 1.165) is 54.2 Å². The Bertz CT molecular complexity index is 1030. The Morgan fingerprint density at radius 1 is 1.06 bits per heavy atom. The van der Waals surface area contributed by atoms with Crippen molar-refractivity contribution in [3.8, 4) is 11.5 Å². The summed E-state index contributed by atoms with van der Waals surface area (Å²) in [6.45, 7) is 4.72. The van der Waals surface area contributed by atoms with Gasteiger partial charge in [-0.15, -0.1) is 10.2 Å². The molecule has 1 N–H and O–H groups in total. The van der Waals surface area contributed by atoms with Gasteiger partial charge in [-0.25, -0.2) is 0 Å². The number of benzene rings is 2. The highest BCUT2D eigenvalue weighted by Gasteiger charge is 2.21. The average molecular weight is 486 g/mol. The van der Waals surface area contributed by atoms with Crippen molar-refractivity contribution in [3.63, 3.8) is 0 Å². The number of aromatic nitrogens is 2. The summed E-state index contributed by atoms with van der Waals surface area (Å²) in [4.78, 5) is 16.9. The molecule has 33 heavy (non-hydrogen) atoms. The molecular weight excluding hydrogens is 458 g/mol. The van der Waals surface area contributed by atoms with E-state index < -0.39 is 0 Å². The van der Waals surface area contributed by atoms with E-state index in [1.54, 1.807) is 7.11 Å². The number of nitrogens with one attached hydrogen (secondary N) is 1. The first-order valence-electron chi connectivity index (χ1n) is 10.7. The second kappa shape index (κ2) is 11.9. The maximum Gasteiger partial charge on any atom is 0.233 e. The molecule has 3 aromatic rings. The third kappa shape index (κ3) is 7.08. The van der Waals surface area contributed by atoms with Gasteiger partial charge in [-0.05, 0) is 24.3 Å². The normalized spacial score (nSPS) is 14.2. The summed E-state index contributed by atoms with van der Waals surface area (Å²) >= 11 is 2.86. The Morgan fingerprint density at radius 2 is 1.85 bits per heavy atom. The highest BCUT2D eigenvalue weighted by Crippen LogP contribution is 2.29. The van der Waals surface area contributed by atoms with Crippen LogP contribution in [-0.2, 0) is 4.79 Å². The standard InChI is InChI=1S/C23H27N5O3S2/c1-30-20-9-5-6-18(16-20)24-22-25-26-23(33-22)32-17-21(29)28-12-10-27(11-13-28)14-15-31-19-7-3-2-4-8-19/h2-9,16H,10-15,17H2,1H3,(H,24,25). The first kappa shape index (κ1) is 23.3. The third-order valence-electron chi connectivity index (χ3n) is 5.19. The minimum absolute atomic E-state index is 0.137. The SMILES string of the molecule is COc1cccc(Nc2nnc(SCC(=O)N3CCN(CCOc4ccccc4)CC3)s2)c1. The van der Waals surface area contributed by atoms with E-state index in [0.29, 0.717) is 17.5 Å². The fourth-order valence-corrected chi connectivity index (χ4v) is 5.06. The fourth-order valence-electron chi connectivity index (χ4n) is 3.39. The lowest BCUT2D eigenvalue weighted by atomic mass is 10.3. The zero-order chi connectivity index (χ0) is 22.9. The summed E-state index contributed by atoms with van der Waals surface area (Å²) in [6.07, 6.45) is 0. The summed E-state index contributed by atoms with van der Waals surface area (Å²) in [5.74, 6) is 2.17. The van der Waals surface area contributed by atoms with Crippen molar-refractivity contribution < 1.29 is 14.3 Å². The van der Waals surface area contributed by atoms with Crippen molar-refractivity contribution in [2.75, 3.05) is 57.5 Å². The summed E-state index contributed by atoms with van der Waals surface area (Å²) in [5, 5.41) is 12.3. The highest BCUT2D eigenvalue weighted by atomic mass is 32.2. The lowest BCUT2D eigenvalue weighted by Crippen LogP contribution is -2.50. The molecule has 8 nitrogen and oxygen atoms in total. The van der Waals surface area contributed by atoms with Gasteiger partial charge in [0.15, 0.2) is 4.34 Å². The largest absolute Gasteiger partial charge is 0.497 e. The van der Waals surface area contributed by atoms with Gasteiger partial charge in [-0.3, -0.25) is 9.69 Å². The summed E-state index contributed by atoms with van der Waals surface area (Å²) in [6, 6.07) is 17.5. The molecule has 2 heterocycles.